The molecular formula is C20H29N3O5S. The highest BCUT2D eigenvalue weighted by Gasteiger charge is 2.21. The number of carbonyl (C=O) groups is 1. The van der Waals surface area contributed by atoms with Crippen LogP contribution in [-0.4, -0.2) is 65.5 Å². The molecule has 8 nitrogen and oxygen atoms in total. The van der Waals surface area contributed by atoms with E-state index in [-0.39, 0.29) is 12.2 Å². The van der Waals surface area contributed by atoms with Gasteiger partial charge in [-0.25, -0.2) is 9.78 Å². The average molecular weight is 424 g/mol. The lowest BCUT2D eigenvalue weighted by molar-refractivity contribution is 0.0531. The predicted octanol–water partition coefficient (Wildman–Crippen LogP) is 2.25. The van der Waals surface area contributed by atoms with Crippen molar-refractivity contribution >= 4 is 27.5 Å². The zero-order valence-electron chi connectivity index (χ0n) is 17.2. The number of ether oxygens (including phenoxy) is 2. The Labute approximate surface area is 174 Å². The molecule has 0 unspecified atom stereocenters. The lowest BCUT2D eigenvalue weighted by atomic mass is 10.2. The number of aromatic amines is 1. The Morgan fingerprint density at radius 1 is 1.48 bits per heavy atom. The van der Waals surface area contributed by atoms with Crippen LogP contribution in [0.25, 0.3) is 10.2 Å². The number of methoxy groups -OCH3 is 1. The molecule has 29 heavy (non-hydrogen) atoms. The number of H-pyrrole nitrogens is 1. The molecule has 2 rings (SSSR count). The Morgan fingerprint density at radius 3 is 2.90 bits per heavy atom. The molecule has 1 atom stereocenters. The molecule has 0 aromatic carbocycles. The molecule has 0 radical (unpaired) electrons. The zero-order chi connectivity index (χ0) is 21.4. The van der Waals surface area contributed by atoms with Gasteiger partial charge in [-0.05, 0) is 32.3 Å². The van der Waals surface area contributed by atoms with Gasteiger partial charge in [0.15, 0.2) is 0 Å². The lowest BCUT2D eigenvalue weighted by Gasteiger charge is -2.24. The topological polar surface area (TPSA) is 105 Å². The molecule has 2 aromatic rings. The summed E-state index contributed by atoms with van der Waals surface area (Å²) in [6, 6.07) is 0. The summed E-state index contributed by atoms with van der Waals surface area (Å²) in [6.07, 6.45) is 2.60. The van der Waals surface area contributed by atoms with E-state index in [1.807, 2.05) is 4.90 Å². The fraction of sp³-hybridized carbons (Fsp3) is 0.550. The fourth-order valence-electron chi connectivity index (χ4n) is 3.02. The van der Waals surface area contributed by atoms with E-state index in [1.165, 1.54) is 0 Å². The zero-order valence-corrected chi connectivity index (χ0v) is 18.0. The Hall–Kier alpha value is -2.07. The van der Waals surface area contributed by atoms with Gasteiger partial charge in [-0.1, -0.05) is 6.08 Å². The number of hydrogen-bond donors (Lipinski definition) is 2. The summed E-state index contributed by atoms with van der Waals surface area (Å²) in [4.78, 5) is 35.0. The van der Waals surface area contributed by atoms with Crippen LogP contribution in [-0.2, 0) is 16.0 Å². The van der Waals surface area contributed by atoms with Gasteiger partial charge in [0, 0.05) is 20.2 Å². The highest BCUT2D eigenvalue weighted by atomic mass is 32.1. The smallest absolute Gasteiger partial charge is 0.348 e. The average Bonchev–Trinajstić information content (AvgIpc) is 3.01. The summed E-state index contributed by atoms with van der Waals surface area (Å²) in [6.45, 7) is 9.26. The van der Waals surface area contributed by atoms with Crippen LogP contribution in [0, 0.1) is 6.92 Å². The van der Waals surface area contributed by atoms with Crippen LogP contribution in [0.15, 0.2) is 17.4 Å². The number of allylic oxidation sites excluding steroid dienone is 1. The van der Waals surface area contributed by atoms with Crippen molar-refractivity contribution < 1.29 is 19.4 Å². The molecule has 2 N–H and O–H groups in total. The van der Waals surface area contributed by atoms with E-state index in [0.29, 0.717) is 59.1 Å². The van der Waals surface area contributed by atoms with E-state index in [0.717, 1.165) is 17.8 Å². The first-order valence-corrected chi connectivity index (χ1v) is 10.4. The van der Waals surface area contributed by atoms with E-state index in [4.69, 9.17) is 9.47 Å². The van der Waals surface area contributed by atoms with Crippen molar-refractivity contribution in [1.29, 1.82) is 0 Å². The van der Waals surface area contributed by atoms with Crippen molar-refractivity contribution in [3.63, 3.8) is 0 Å². The first kappa shape index (κ1) is 23.2. The Balaban J connectivity index is 2.27. The molecule has 2 aromatic heterocycles. The number of carbonyl (C=O) groups excluding carboxylic acids is 1. The van der Waals surface area contributed by atoms with Crippen molar-refractivity contribution in [3.05, 3.63) is 39.3 Å². The van der Waals surface area contributed by atoms with Gasteiger partial charge < -0.3 is 19.6 Å². The summed E-state index contributed by atoms with van der Waals surface area (Å²) in [5.74, 6) is 0.0344. The van der Waals surface area contributed by atoms with Crippen molar-refractivity contribution in [1.82, 2.24) is 14.9 Å². The summed E-state index contributed by atoms with van der Waals surface area (Å²) >= 11 is 1.16. The van der Waals surface area contributed by atoms with Crippen LogP contribution in [0.2, 0.25) is 0 Å². The number of aliphatic hydroxyl groups excluding tert-OH is 1. The Morgan fingerprint density at radius 2 is 2.24 bits per heavy atom. The van der Waals surface area contributed by atoms with E-state index < -0.39 is 12.1 Å². The SMILES string of the molecule is C=CCC[C@@H](O)CN(CCOC)Cc1nc2sc(C(=O)OCC)c(C)c2c(=O)[nH]1. The van der Waals surface area contributed by atoms with Gasteiger partial charge in [0.25, 0.3) is 5.56 Å². The summed E-state index contributed by atoms with van der Waals surface area (Å²) < 4.78 is 10.2. The van der Waals surface area contributed by atoms with Crippen LogP contribution in [0.3, 0.4) is 0 Å². The first-order valence-electron chi connectivity index (χ1n) is 9.60. The van der Waals surface area contributed by atoms with Gasteiger partial charge in [0.1, 0.15) is 15.5 Å². The minimum Gasteiger partial charge on any atom is -0.462 e. The molecule has 2 heterocycles. The number of hydrogen-bond acceptors (Lipinski definition) is 8. The Bertz CT molecular complexity index is 892. The second-order valence-electron chi connectivity index (χ2n) is 6.72. The standard InChI is InChI=1S/C20H29N3O5S/c1-5-7-8-14(24)11-23(9-10-27-4)12-15-21-18(25)16-13(3)17(20(26)28-6-2)29-19(16)22-15/h5,14,24H,1,6-12H2,2-4H3,(H,21,22,25)/t14-/m1/s1. The monoisotopic (exact) mass is 423 g/mol. The Kier molecular flexibility index (Phi) is 8.97. The number of nitrogens with one attached hydrogen (secondary N) is 1. The molecule has 0 fully saturated rings. The minimum atomic E-state index is -0.514. The van der Waals surface area contributed by atoms with Gasteiger partial charge in [-0.15, -0.1) is 17.9 Å². The highest BCUT2D eigenvalue weighted by Crippen LogP contribution is 2.27. The van der Waals surface area contributed by atoms with Crippen molar-refractivity contribution in [2.45, 2.75) is 39.3 Å². The molecular weight excluding hydrogens is 394 g/mol. The van der Waals surface area contributed by atoms with Crippen LogP contribution < -0.4 is 5.56 Å². The van der Waals surface area contributed by atoms with E-state index >= 15 is 0 Å². The molecule has 0 spiro atoms. The maximum absolute atomic E-state index is 12.6. The number of nitrogens with zero attached hydrogens (tertiary/aromatic N) is 2. The molecule has 0 aliphatic rings. The fourth-order valence-corrected chi connectivity index (χ4v) is 4.12. The van der Waals surface area contributed by atoms with Gasteiger partial charge in [0.05, 0.1) is 31.2 Å². The number of rotatable bonds is 12. The maximum Gasteiger partial charge on any atom is 0.348 e. The van der Waals surface area contributed by atoms with E-state index in [1.54, 1.807) is 27.0 Å². The molecule has 0 aliphatic carbocycles. The molecule has 9 heteroatoms. The van der Waals surface area contributed by atoms with Crippen LogP contribution in [0.1, 0.15) is 40.8 Å². The van der Waals surface area contributed by atoms with Crippen molar-refractivity contribution in [2.75, 3.05) is 33.4 Å². The maximum atomic E-state index is 12.6. The van der Waals surface area contributed by atoms with Gasteiger partial charge in [-0.3, -0.25) is 9.69 Å². The number of esters is 1. The van der Waals surface area contributed by atoms with Gasteiger partial charge in [-0.2, -0.15) is 0 Å². The minimum absolute atomic E-state index is 0.268. The largest absolute Gasteiger partial charge is 0.462 e. The van der Waals surface area contributed by atoms with Crippen LogP contribution in [0.4, 0.5) is 0 Å². The number of aliphatic hydroxyl groups is 1. The van der Waals surface area contributed by atoms with E-state index in [9.17, 15) is 14.7 Å². The first-order chi connectivity index (χ1) is 13.9. The van der Waals surface area contributed by atoms with E-state index in [2.05, 4.69) is 16.5 Å². The number of aryl methyl sites for hydroxylation is 1. The molecule has 0 amide bonds. The third-order valence-corrected chi connectivity index (χ3v) is 5.63. The summed E-state index contributed by atoms with van der Waals surface area (Å²) in [5, 5.41) is 10.6. The summed E-state index contributed by atoms with van der Waals surface area (Å²) in [5.41, 5.74) is 0.299. The second-order valence-corrected chi connectivity index (χ2v) is 7.72. The highest BCUT2D eigenvalue weighted by molar-refractivity contribution is 7.20. The van der Waals surface area contributed by atoms with Gasteiger partial charge >= 0.3 is 5.97 Å². The van der Waals surface area contributed by atoms with Crippen molar-refractivity contribution in [2.24, 2.45) is 0 Å². The molecule has 0 aliphatic heterocycles. The lowest BCUT2D eigenvalue weighted by Crippen LogP contribution is -2.35. The third-order valence-electron chi connectivity index (χ3n) is 4.47. The van der Waals surface area contributed by atoms with Crippen LogP contribution in [0.5, 0.6) is 0 Å². The third kappa shape index (κ3) is 6.20. The second kappa shape index (κ2) is 11.2. The van der Waals surface area contributed by atoms with Gasteiger partial charge in [0.2, 0.25) is 0 Å². The van der Waals surface area contributed by atoms with Crippen LogP contribution >= 0.6 is 11.3 Å². The van der Waals surface area contributed by atoms with Crippen molar-refractivity contribution in [3.8, 4) is 0 Å². The number of fused-ring (bicyclic) bond motifs is 1. The predicted molar refractivity (Wildman–Crippen MR) is 114 cm³/mol. The normalized spacial score (nSPS) is 12.4. The molecule has 160 valence electrons. The molecule has 0 saturated heterocycles. The number of thiophene rings is 1. The summed E-state index contributed by atoms with van der Waals surface area (Å²) in [7, 11) is 1.61. The number of aromatic nitrogens is 2. The molecule has 0 bridgehead atoms. The molecule has 0 saturated carbocycles. The quantitative estimate of drug-likeness (QED) is 0.398.